The Morgan fingerprint density at radius 1 is 1.08 bits per heavy atom. The molecule has 0 radical (unpaired) electrons. The van der Waals surface area contributed by atoms with Crippen LogP contribution in [0.25, 0.3) is 0 Å². The van der Waals surface area contributed by atoms with Gasteiger partial charge in [0, 0.05) is 12.0 Å². The highest BCUT2D eigenvalue weighted by Gasteiger charge is 2.60. The highest BCUT2D eigenvalue weighted by atomic mass is 16.5. The molecule has 0 saturated heterocycles. The molecular formula is C22H32O3. The fourth-order valence-corrected chi connectivity index (χ4v) is 6.66. The van der Waals surface area contributed by atoms with E-state index in [1.54, 1.807) is 7.11 Å². The summed E-state index contributed by atoms with van der Waals surface area (Å²) in [6, 6.07) is 3.72. The zero-order chi connectivity index (χ0) is 18.0. The third-order valence-corrected chi connectivity index (χ3v) is 7.87. The second-order valence-electron chi connectivity index (χ2n) is 9.74. The molecular weight excluding hydrogens is 312 g/mol. The Morgan fingerprint density at radius 3 is 2.56 bits per heavy atom. The lowest BCUT2D eigenvalue weighted by Crippen LogP contribution is -2.61. The number of fused-ring (bicyclic) bond motifs is 4. The van der Waals surface area contributed by atoms with Gasteiger partial charge >= 0.3 is 0 Å². The Kier molecular flexibility index (Phi) is 3.62. The van der Waals surface area contributed by atoms with Crippen molar-refractivity contribution < 1.29 is 14.6 Å². The van der Waals surface area contributed by atoms with Gasteiger partial charge in [-0.15, -0.1) is 0 Å². The van der Waals surface area contributed by atoms with Crippen molar-refractivity contribution in [2.45, 2.75) is 71.8 Å². The van der Waals surface area contributed by atoms with Gasteiger partial charge < -0.3 is 14.6 Å². The lowest BCUT2D eigenvalue weighted by Gasteiger charge is -2.63. The first-order valence-electron chi connectivity index (χ1n) is 9.78. The van der Waals surface area contributed by atoms with Crippen molar-refractivity contribution in [3.05, 3.63) is 17.7 Å². The van der Waals surface area contributed by atoms with Gasteiger partial charge in [-0.2, -0.15) is 0 Å². The molecule has 3 heteroatoms. The summed E-state index contributed by atoms with van der Waals surface area (Å²) >= 11 is 0. The Balaban J connectivity index is 1.77. The predicted molar refractivity (Wildman–Crippen MR) is 99.3 cm³/mol. The number of aromatic hydroxyl groups is 1. The minimum atomic E-state index is -0.117. The minimum absolute atomic E-state index is 0.117. The van der Waals surface area contributed by atoms with E-state index in [4.69, 9.17) is 9.47 Å². The number of hydrogen-bond donors (Lipinski definition) is 1. The van der Waals surface area contributed by atoms with Crippen LogP contribution >= 0.6 is 0 Å². The Hall–Kier alpha value is -1.38. The number of phenolic OH excluding ortho intramolecular Hbond substituents is 1. The second kappa shape index (κ2) is 5.31. The third-order valence-electron chi connectivity index (χ3n) is 7.87. The first kappa shape index (κ1) is 17.1. The van der Waals surface area contributed by atoms with Crippen LogP contribution in [-0.4, -0.2) is 17.8 Å². The van der Waals surface area contributed by atoms with Crippen molar-refractivity contribution >= 4 is 0 Å². The minimum Gasteiger partial charge on any atom is -0.504 e. The third kappa shape index (κ3) is 2.38. The average molecular weight is 344 g/mol. The van der Waals surface area contributed by atoms with Gasteiger partial charge in [0.05, 0.1) is 7.11 Å². The molecule has 1 aromatic carbocycles. The molecule has 0 spiro atoms. The van der Waals surface area contributed by atoms with E-state index in [1.807, 2.05) is 12.1 Å². The van der Waals surface area contributed by atoms with Crippen molar-refractivity contribution in [3.8, 4) is 17.2 Å². The number of rotatable bonds is 1. The molecule has 2 fully saturated rings. The molecule has 4 atom stereocenters. The molecule has 138 valence electrons. The zero-order valence-electron chi connectivity index (χ0n) is 16.3. The standard InChI is InChI=1S/C22H32O3/c1-20(2)8-6-9-21(3)18(20)7-10-22(4)19(21)12-14-11-15(23)17(24-5)13-16(14)25-22/h11,13,18-19,23H,6-10,12H2,1-5H3/t18-,19+,21-,22-/m0/s1. The normalized spacial score (nSPS) is 38.8. The first-order chi connectivity index (χ1) is 11.7. The lowest BCUT2D eigenvalue weighted by molar-refractivity contribution is -0.162. The fraction of sp³-hybridized carbons (Fsp3) is 0.727. The summed E-state index contributed by atoms with van der Waals surface area (Å²) in [5.74, 6) is 2.86. The molecule has 0 aromatic heterocycles. The van der Waals surface area contributed by atoms with E-state index >= 15 is 0 Å². The summed E-state index contributed by atoms with van der Waals surface area (Å²) in [4.78, 5) is 0. The van der Waals surface area contributed by atoms with Crippen LogP contribution in [0.3, 0.4) is 0 Å². The molecule has 1 aromatic rings. The maximum absolute atomic E-state index is 10.2. The van der Waals surface area contributed by atoms with E-state index in [0.717, 1.165) is 30.1 Å². The predicted octanol–water partition coefficient (Wildman–Crippen LogP) is 5.34. The van der Waals surface area contributed by atoms with Crippen molar-refractivity contribution in [2.24, 2.45) is 22.7 Å². The van der Waals surface area contributed by atoms with Crippen molar-refractivity contribution in [2.75, 3.05) is 7.11 Å². The Labute approximate surface area is 151 Å². The van der Waals surface area contributed by atoms with Crippen LogP contribution in [0, 0.1) is 22.7 Å². The quantitative estimate of drug-likeness (QED) is 0.747. The van der Waals surface area contributed by atoms with Crippen LogP contribution in [-0.2, 0) is 6.42 Å². The Bertz CT molecular complexity index is 695. The van der Waals surface area contributed by atoms with Crippen LogP contribution < -0.4 is 9.47 Å². The molecule has 2 saturated carbocycles. The largest absolute Gasteiger partial charge is 0.504 e. The van der Waals surface area contributed by atoms with E-state index in [0.29, 0.717) is 22.5 Å². The number of methoxy groups -OCH3 is 1. The van der Waals surface area contributed by atoms with E-state index in [-0.39, 0.29) is 11.4 Å². The maximum Gasteiger partial charge on any atom is 0.164 e. The molecule has 3 nitrogen and oxygen atoms in total. The number of benzene rings is 1. The fourth-order valence-electron chi connectivity index (χ4n) is 6.66. The van der Waals surface area contributed by atoms with Gasteiger partial charge in [-0.1, -0.05) is 27.2 Å². The number of phenols is 1. The molecule has 0 bridgehead atoms. The molecule has 0 unspecified atom stereocenters. The van der Waals surface area contributed by atoms with Gasteiger partial charge in [-0.25, -0.2) is 0 Å². The number of hydrogen-bond acceptors (Lipinski definition) is 3. The molecule has 1 N–H and O–H groups in total. The highest BCUT2D eigenvalue weighted by Crippen LogP contribution is 2.64. The summed E-state index contributed by atoms with van der Waals surface area (Å²) in [6.45, 7) is 9.75. The smallest absolute Gasteiger partial charge is 0.164 e. The van der Waals surface area contributed by atoms with E-state index in [1.165, 1.54) is 25.7 Å². The Morgan fingerprint density at radius 2 is 1.84 bits per heavy atom. The molecule has 3 aliphatic rings. The summed E-state index contributed by atoms with van der Waals surface area (Å²) in [6.07, 6.45) is 7.30. The molecule has 1 aliphatic heterocycles. The van der Waals surface area contributed by atoms with Crippen LogP contribution in [0.1, 0.15) is 65.4 Å². The lowest BCUT2D eigenvalue weighted by atomic mass is 9.44. The van der Waals surface area contributed by atoms with Gasteiger partial charge in [0.1, 0.15) is 11.4 Å². The topological polar surface area (TPSA) is 38.7 Å². The molecule has 2 aliphatic carbocycles. The molecule has 0 amide bonds. The zero-order valence-corrected chi connectivity index (χ0v) is 16.3. The summed E-state index contributed by atoms with van der Waals surface area (Å²) in [5.41, 5.74) is 1.73. The van der Waals surface area contributed by atoms with Crippen molar-refractivity contribution in [1.29, 1.82) is 0 Å². The molecule has 1 heterocycles. The average Bonchev–Trinajstić information content (AvgIpc) is 2.52. The number of ether oxygens (including phenoxy) is 2. The van der Waals surface area contributed by atoms with Gasteiger partial charge in [-0.05, 0) is 67.4 Å². The summed E-state index contributed by atoms with van der Waals surface area (Å²) < 4.78 is 11.9. The molecule has 4 rings (SSSR count). The van der Waals surface area contributed by atoms with Gasteiger partial charge in [0.25, 0.3) is 0 Å². The summed E-state index contributed by atoms with van der Waals surface area (Å²) in [5, 5.41) is 10.2. The SMILES string of the molecule is COc1cc2c(cc1O)C[C@@H]1[C@@]3(C)CCCC(C)(C)[C@@H]3CC[C@]1(C)O2. The summed E-state index contributed by atoms with van der Waals surface area (Å²) in [7, 11) is 1.59. The maximum atomic E-state index is 10.2. The van der Waals surface area contributed by atoms with Gasteiger partial charge in [0.15, 0.2) is 11.5 Å². The van der Waals surface area contributed by atoms with E-state index in [2.05, 4.69) is 27.7 Å². The van der Waals surface area contributed by atoms with Gasteiger partial charge in [0.2, 0.25) is 0 Å². The van der Waals surface area contributed by atoms with Crippen LogP contribution in [0.5, 0.6) is 17.2 Å². The van der Waals surface area contributed by atoms with Crippen LogP contribution in [0.15, 0.2) is 12.1 Å². The first-order valence-corrected chi connectivity index (χ1v) is 9.78. The van der Waals surface area contributed by atoms with Gasteiger partial charge in [-0.3, -0.25) is 0 Å². The van der Waals surface area contributed by atoms with E-state index < -0.39 is 0 Å². The van der Waals surface area contributed by atoms with E-state index in [9.17, 15) is 5.11 Å². The van der Waals surface area contributed by atoms with Crippen molar-refractivity contribution in [1.82, 2.24) is 0 Å². The monoisotopic (exact) mass is 344 g/mol. The highest BCUT2D eigenvalue weighted by molar-refractivity contribution is 5.51. The molecule has 25 heavy (non-hydrogen) atoms. The second-order valence-corrected chi connectivity index (χ2v) is 9.74. The van der Waals surface area contributed by atoms with Crippen LogP contribution in [0.4, 0.5) is 0 Å². The van der Waals surface area contributed by atoms with Crippen LogP contribution in [0.2, 0.25) is 0 Å². The van der Waals surface area contributed by atoms with Crippen molar-refractivity contribution in [3.63, 3.8) is 0 Å².